The van der Waals surface area contributed by atoms with E-state index < -0.39 is 0 Å². The van der Waals surface area contributed by atoms with Crippen LogP contribution in [0.3, 0.4) is 0 Å². The number of rotatable bonds is 7. The van der Waals surface area contributed by atoms with E-state index in [1.54, 1.807) is 7.11 Å². The molecule has 0 saturated heterocycles. The number of aromatic nitrogens is 3. The summed E-state index contributed by atoms with van der Waals surface area (Å²) in [4.78, 5) is 13.3. The lowest BCUT2D eigenvalue weighted by atomic mass is 9.54. The Morgan fingerprint density at radius 3 is 2.78 bits per heavy atom. The second-order valence-corrected chi connectivity index (χ2v) is 11.6. The van der Waals surface area contributed by atoms with Gasteiger partial charge in [-0.05, 0) is 91.0 Å². The smallest absolute Gasteiger partial charge is 0.139 e. The molecule has 0 unspecified atom stereocenters. The summed E-state index contributed by atoms with van der Waals surface area (Å²) in [6.07, 6.45) is 9.20. The number of hydrogen-bond donors (Lipinski definition) is 1. The molecule has 2 aromatic carbocycles. The number of nitrogens with zero attached hydrogens (tertiary/aromatic N) is 3. The van der Waals surface area contributed by atoms with E-state index >= 15 is 0 Å². The van der Waals surface area contributed by atoms with Crippen LogP contribution in [0.15, 0.2) is 48.7 Å². The minimum absolute atomic E-state index is 0.0412. The normalized spacial score (nSPS) is 28.5. The Hall–Kier alpha value is -2.99. The Labute approximate surface area is 219 Å². The van der Waals surface area contributed by atoms with Gasteiger partial charge >= 0.3 is 0 Å². The molecule has 1 N–H and O–H groups in total. The molecule has 0 bridgehead atoms. The van der Waals surface area contributed by atoms with Gasteiger partial charge < -0.3 is 9.84 Å². The fourth-order valence-electron chi connectivity index (χ4n) is 7.85. The molecule has 3 aliphatic carbocycles. The van der Waals surface area contributed by atoms with Crippen LogP contribution >= 0.6 is 0 Å². The monoisotopic (exact) mass is 499 g/mol. The summed E-state index contributed by atoms with van der Waals surface area (Å²) < 4.78 is 7.41. The van der Waals surface area contributed by atoms with Crippen molar-refractivity contribution in [2.75, 3.05) is 7.11 Å². The van der Waals surface area contributed by atoms with Crippen LogP contribution in [0.25, 0.3) is 11.3 Å². The Balaban J connectivity index is 1.14. The lowest BCUT2D eigenvalue weighted by molar-refractivity contribution is -0.129. The van der Waals surface area contributed by atoms with Crippen LogP contribution in [-0.2, 0) is 24.4 Å². The number of aryl methyl sites for hydroxylation is 2. The molecule has 6 rings (SSSR count). The van der Waals surface area contributed by atoms with E-state index in [0.29, 0.717) is 29.5 Å². The van der Waals surface area contributed by atoms with E-state index in [9.17, 15) is 9.90 Å². The van der Waals surface area contributed by atoms with Crippen molar-refractivity contribution >= 4 is 5.78 Å². The summed E-state index contributed by atoms with van der Waals surface area (Å²) >= 11 is 0. The average molecular weight is 500 g/mol. The van der Waals surface area contributed by atoms with Crippen molar-refractivity contribution in [3.63, 3.8) is 0 Å². The first-order chi connectivity index (χ1) is 18.0. The zero-order valence-corrected chi connectivity index (χ0v) is 21.9. The summed E-state index contributed by atoms with van der Waals surface area (Å²) in [6, 6.07) is 14.4. The van der Waals surface area contributed by atoms with Crippen LogP contribution in [-0.4, -0.2) is 33.0 Å². The van der Waals surface area contributed by atoms with Crippen molar-refractivity contribution in [2.24, 2.45) is 23.2 Å². The molecule has 5 atom stereocenters. The number of fused-ring (bicyclic) bond motifs is 5. The Bertz CT molecular complexity index is 1280. The number of ketones is 1. The van der Waals surface area contributed by atoms with Crippen molar-refractivity contribution in [2.45, 2.75) is 70.9 Å². The standard InChI is InChI=1S/C31H37N3O3/c1-31-14-13-26-25-12-10-24(37-2)16-22(25)9-11-27(26)30(31)23(17-29(31)36)4-3-15-34-18-28(32-33-34)21-7-5-20(19-35)6-8-21/h5-8,10,12,16,18,23,26-27,30,35H,3-4,9,11,13-15,17,19H2,1-2H3/t23-,26-,27-,30+,31-/m1/s1. The first kappa shape index (κ1) is 24.4. The maximum Gasteiger partial charge on any atom is 0.139 e. The second kappa shape index (κ2) is 9.71. The Kier molecular flexibility index (Phi) is 6.39. The molecule has 194 valence electrons. The molecule has 1 heterocycles. The highest BCUT2D eigenvalue weighted by atomic mass is 16.5. The van der Waals surface area contributed by atoms with Gasteiger partial charge in [0, 0.05) is 23.9 Å². The number of aliphatic hydroxyl groups excluding tert-OH is 1. The van der Waals surface area contributed by atoms with Crippen LogP contribution in [0.1, 0.15) is 68.1 Å². The fourth-order valence-corrected chi connectivity index (χ4v) is 7.85. The maximum atomic E-state index is 13.3. The lowest BCUT2D eigenvalue weighted by Gasteiger charge is -2.50. The molecule has 0 aliphatic heterocycles. The van der Waals surface area contributed by atoms with Crippen LogP contribution in [0, 0.1) is 23.2 Å². The van der Waals surface area contributed by atoms with Crippen molar-refractivity contribution < 1.29 is 14.6 Å². The van der Waals surface area contributed by atoms with E-state index in [1.807, 2.05) is 35.1 Å². The van der Waals surface area contributed by atoms with E-state index in [-0.39, 0.29) is 12.0 Å². The fraction of sp³-hybridized carbons (Fsp3) is 0.516. The van der Waals surface area contributed by atoms with Crippen molar-refractivity contribution in [3.8, 4) is 17.0 Å². The number of benzene rings is 2. The minimum Gasteiger partial charge on any atom is -0.497 e. The number of ether oxygens (including phenoxy) is 1. The summed E-state index contributed by atoms with van der Waals surface area (Å²) in [5.41, 5.74) is 5.53. The van der Waals surface area contributed by atoms with Crippen LogP contribution < -0.4 is 4.74 Å². The molecule has 0 amide bonds. The molecule has 3 aromatic rings. The zero-order chi connectivity index (χ0) is 25.6. The van der Waals surface area contributed by atoms with Crippen molar-refractivity contribution in [1.82, 2.24) is 15.0 Å². The molecule has 6 heteroatoms. The van der Waals surface area contributed by atoms with Crippen molar-refractivity contribution in [1.29, 1.82) is 0 Å². The van der Waals surface area contributed by atoms with Crippen LogP contribution in [0.2, 0.25) is 0 Å². The second-order valence-electron chi connectivity index (χ2n) is 11.6. The van der Waals surface area contributed by atoms with Crippen LogP contribution in [0.5, 0.6) is 5.75 Å². The van der Waals surface area contributed by atoms with Gasteiger partial charge in [-0.2, -0.15) is 0 Å². The summed E-state index contributed by atoms with van der Waals surface area (Å²) in [5.74, 6) is 3.54. The van der Waals surface area contributed by atoms with Gasteiger partial charge in [-0.25, -0.2) is 0 Å². The molecule has 3 aliphatic rings. The highest BCUT2D eigenvalue weighted by Gasteiger charge is 2.58. The van der Waals surface area contributed by atoms with Gasteiger partial charge in [-0.3, -0.25) is 9.48 Å². The summed E-state index contributed by atoms with van der Waals surface area (Å²) in [5, 5.41) is 18.0. The van der Waals surface area contributed by atoms with E-state index in [4.69, 9.17) is 4.74 Å². The molecule has 6 nitrogen and oxygen atoms in total. The number of carbonyl (C=O) groups is 1. The lowest BCUT2D eigenvalue weighted by Crippen LogP contribution is -2.44. The Morgan fingerprint density at radius 2 is 2.00 bits per heavy atom. The highest BCUT2D eigenvalue weighted by Crippen LogP contribution is 2.62. The molecule has 2 saturated carbocycles. The molecule has 2 fully saturated rings. The third-order valence-corrected chi connectivity index (χ3v) is 9.71. The molecule has 37 heavy (non-hydrogen) atoms. The number of Topliss-reactive ketones (excluding diaryl/α,β-unsaturated/α-hetero) is 1. The predicted octanol–water partition coefficient (Wildman–Crippen LogP) is 5.58. The molecule has 1 aromatic heterocycles. The molecular formula is C31H37N3O3. The van der Waals surface area contributed by atoms with Crippen molar-refractivity contribution in [3.05, 3.63) is 65.4 Å². The third-order valence-electron chi connectivity index (χ3n) is 9.71. The summed E-state index contributed by atoms with van der Waals surface area (Å²) in [7, 11) is 1.74. The SMILES string of the molecule is COc1ccc2c(c1)CC[C@H]1[C@@H]3[C@H](CCCn4cc(-c5ccc(CO)cc5)nn4)CC(=O)[C@@]3(C)CC[C@H]21. The highest BCUT2D eigenvalue weighted by molar-refractivity contribution is 5.87. The van der Waals surface area contributed by atoms with E-state index in [0.717, 1.165) is 67.6 Å². The topological polar surface area (TPSA) is 77.2 Å². The van der Waals surface area contributed by atoms with Gasteiger partial charge in [0.1, 0.15) is 17.2 Å². The number of carbonyl (C=O) groups excluding carboxylic acids is 1. The number of aliphatic hydroxyl groups is 1. The molecule has 0 spiro atoms. The average Bonchev–Trinajstić information content (AvgIpc) is 3.50. The quantitative estimate of drug-likeness (QED) is 0.459. The maximum absolute atomic E-state index is 13.3. The van der Waals surface area contributed by atoms with Gasteiger partial charge in [0.15, 0.2) is 0 Å². The first-order valence-electron chi connectivity index (χ1n) is 13.8. The van der Waals surface area contributed by atoms with Gasteiger partial charge in [0.05, 0.1) is 19.9 Å². The summed E-state index contributed by atoms with van der Waals surface area (Å²) in [6.45, 7) is 3.12. The molecule has 0 radical (unpaired) electrons. The van der Waals surface area contributed by atoms with E-state index in [1.165, 1.54) is 17.5 Å². The first-order valence-corrected chi connectivity index (χ1v) is 13.8. The molecular weight excluding hydrogens is 462 g/mol. The largest absolute Gasteiger partial charge is 0.497 e. The minimum atomic E-state index is -0.156. The van der Waals surface area contributed by atoms with Gasteiger partial charge in [0.2, 0.25) is 0 Å². The van der Waals surface area contributed by atoms with E-state index in [2.05, 4.69) is 35.4 Å². The zero-order valence-electron chi connectivity index (χ0n) is 21.9. The predicted molar refractivity (Wildman–Crippen MR) is 142 cm³/mol. The van der Waals surface area contributed by atoms with Gasteiger partial charge in [-0.15, -0.1) is 5.10 Å². The van der Waals surface area contributed by atoms with Gasteiger partial charge in [-0.1, -0.05) is 42.5 Å². The van der Waals surface area contributed by atoms with Gasteiger partial charge in [0.25, 0.3) is 0 Å². The number of hydrogen-bond acceptors (Lipinski definition) is 5. The third kappa shape index (κ3) is 4.29. The van der Waals surface area contributed by atoms with Crippen LogP contribution in [0.4, 0.5) is 0 Å². The Morgan fingerprint density at radius 1 is 1.16 bits per heavy atom. The number of methoxy groups -OCH3 is 1.